The van der Waals surface area contributed by atoms with Crippen molar-refractivity contribution in [2.45, 2.75) is 11.3 Å². The molecule has 0 amide bonds. The summed E-state index contributed by atoms with van der Waals surface area (Å²) in [6, 6.07) is 10.8. The summed E-state index contributed by atoms with van der Waals surface area (Å²) >= 11 is 0. The Bertz CT molecular complexity index is 2510. The van der Waals surface area contributed by atoms with Crippen LogP contribution >= 0.6 is 0 Å². The second kappa shape index (κ2) is 12.5. The fourth-order valence-electron chi connectivity index (χ4n) is 8.15. The number of fused-ring (bicyclic) bond motifs is 3. The molecular formula is C42H18F12. The maximum Gasteiger partial charge on any atom is 0.130 e. The predicted octanol–water partition coefficient (Wildman–Crippen LogP) is 12.0. The van der Waals surface area contributed by atoms with Gasteiger partial charge in [0.15, 0.2) is 0 Å². The Labute approximate surface area is 298 Å². The molecule has 270 valence electrons. The molecule has 0 spiro atoms. The van der Waals surface area contributed by atoms with Gasteiger partial charge in [-0.1, -0.05) is 0 Å². The first kappa shape index (κ1) is 35.0. The third-order valence-electron chi connectivity index (χ3n) is 9.61. The first-order valence-corrected chi connectivity index (χ1v) is 15.9. The van der Waals surface area contributed by atoms with E-state index in [-0.39, 0.29) is 0 Å². The number of hydrogen-bond donors (Lipinski definition) is 0. The summed E-state index contributed by atoms with van der Waals surface area (Å²) in [5.74, 6) is -16.9. The molecule has 8 rings (SSSR count). The lowest BCUT2D eigenvalue weighted by molar-refractivity contribution is 0.534. The molecular weight excluding hydrogens is 732 g/mol. The average molecular weight is 751 g/mol. The Kier molecular flexibility index (Phi) is 8.13. The summed E-state index contributed by atoms with van der Waals surface area (Å²) in [4.78, 5) is 0. The summed E-state index contributed by atoms with van der Waals surface area (Å²) in [5.41, 5.74) is -7.85. The molecule has 6 aromatic rings. The number of allylic oxidation sites excluding steroid dienone is 4. The Balaban J connectivity index is 1.73. The minimum atomic E-state index is -2.57. The van der Waals surface area contributed by atoms with E-state index in [4.69, 9.17) is 0 Å². The van der Waals surface area contributed by atoms with Crippen molar-refractivity contribution in [2.75, 3.05) is 0 Å². The maximum atomic E-state index is 16.5. The molecule has 2 atom stereocenters. The fraction of sp³-hybridized carbons (Fsp3) is 0.0476. The Morgan fingerprint density at radius 2 is 0.685 bits per heavy atom. The molecule has 0 N–H and O–H groups in total. The largest absolute Gasteiger partial charge is 0.207 e. The van der Waals surface area contributed by atoms with E-state index in [9.17, 15) is 0 Å². The van der Waals surface area contributed by atoms with Gasteiger partial charge in [0.05, 0.1) is 5.41 Å². The fourth-order valence-corrected chi connectivity index (χ4v) is 8.15. The number of hydrogen-bond acceptors (Lipinski definition) is 0. The third kappa shape index (κ3) is 5.50. The van der Waals surface area contributed by atoms with Crippen molar-refractivity contribution >= 4 is 22.3 Å². The summed E-state index contributed by atoms with van der Waals surface area (Å²) in [5, 5.41) is 0. The Morgan fingerprint density at radius 1 is 0.333 bits per heavy atom. The molecule has 0 fully saturated rings. The van der Waals surface area contributed by atoms with Gasteiger partial charge in [-0.3, -0.25) is 0 Å². The van der Waals surface area contributed by atoms with Crippen LogP contribution in [0.1, 0.15) is 44.9 Å². The normalized spacial score (nSPS) is 17.7. The van der Waals surface area contributed by atoms with Crippen molar-refractivity contribution in [3.8, 4) is 0 Å². The lowest BCUT2D eigenvalue weighted by Crippen LogP contribution is -2.32. The van der Waals surface area contributed by atoms with E-state index >= 15 is 52.7 Å². The standard InChI is InChI=1S/C42H18F12/c43-23-1-18(2-24(44)11-23)36-37(19-3-25(45)12-26(46)4-19)41-34-16-33(53)17-35(54)38(34)40(21-7-29(49)14-30(50)8-21)42(41,22-9-31(51)15-32(52)10-22)39(36)20-5-27(47)13-28(48)6-20/h1-17,40H/t40-,42-/m1/s1. The molecule has 6 aromatic carbocycles. The number of rotatable bonds is 5. The molecule has 0 aliphatic heterocycles. The highest BCUT2D eigenvalue weighted by Crippen LogP contribution is 2.72. The van der Waals surface area contributed by atoms with Crippen molar-refractivity contribution in [3.63, 3.8) is 0 Å². The second-order valence-electron chi connectivity index (χ2n) is 12.9. The minimum Gasteiger partial charge on any atom is -0.207 e. The lowest BCUT2D eigenvalue weighted by Gasteiger charge is -2.39. The second-order valence-corrected chi connectivity index (χ2v) is 12.9. The minimum absolute atomic E-state index is 0.415. The highest BCUT2D eigenvalue weighted by Gasteiger charge is 2.61. The van der Waals surface area contributed by atoms with Crippen LogP contribution in [0.2, 0.25) is 0 Å². The monoisotopic (exact) mass is 750 g/mol. The van der Waals surface area contributed by atoms with E-state index in [1.165, 1.54) is 0 Å². The van der Waals surface area contributed by atoms with E-state index in [0.29, 0.717) is 36.4 Å². The first-order valence-electron chi connectivity index (χ1n) is 15.9. The topological polar surface area (TPSA) is 0 Å². The highest BCUT2D eigenvalue weighted by molar-refractivity contribution is 6.33. The summed E-state index contributed by atoms with van der Waals surface area (Å²) < 4.78 is 185. The van der Waals surface area contributed by atoms with Gasteiger partial charge in [-0.15, -0.1) is 0 Å². The average Bonchev–Trinajstić information content (AvgIpc) is 3.52. The first-order chi connectivity index (χ1) is 25.6. The molecule has 12 heteroatoms. The van der Waals surface area contributed by atoms with E-state index in [1.54, 1.807) is 0 Å². The van der Waals surface area contributed by atoms with E-state index < -0.39 is 142 Å². The number of halogens is 12. The highest BCUT2D eigenvalue weighted by atomic mass is 19.2. The zero-order valence-electron chi connectivity index (χ0n) is 26.9. The van der Waals surface area contributed by atoms with Crippen LogP contribution in [0, 0.1) is 69.8 Å². The van der Waals surface area contributed by atoms with Gasteiger partial charge < -0.3 is 0 Å². The van der Waals surface area contributed by atoms with E-state index in [0.717, 1.165) is 66.7 Å². The molecule has 54 heavy (non-hydrogen) atoms. The quantitative estimate of drug-likeness (QED) is 0.154. The van der Waals surface area contributed by atoms with Crippen molar-refractivity contribution < 1.29 is 52.7 Å². The van der Waals surface area contributed by atoms with E-state index in [1.807, 2.05) is 0 Å². The van der Waals surface area contributed by atoms with Gasteiger partial charge >= 0.3 is 0 Å². The molecule has 0 aromatic heterocycles. The number of benzene rings is 6. The van der Waals surface area contributed by atoms with Crippen LogP contribution in [0.3, 0.4) is 0 Å². The Morgan fingerprint density at radius 3 is 1.13 bits per heavy atom. The van der Waals surface area contributed by atoms with Crippen LogP contribution in [-0.2, 0) is 5.41 Å². The van der Waals surface area contributed by atoms with Gasteiger partial charge in [0.25, 0.3) is 0 Å². The molecule has 0 nitrogen and oxygen atoms in total. The summed E-state index contributed by atoms with van der Waals surface area (Å²) in [7, 11) is 0. The summed E-state index contributed by atoms with van der Waals surface area (Å²) in [6.45, 7) is 0. The van der Waals surface area contributed by atoms with Crippen LogP contribution in [0.5, 0.6) is 0 Å². The van der Waals surface area contributed by atoms with Crippen LogP contribution in [0.15, 0.2) is 103 Å². The molecule has 0 heterocycles. The zero-order valence-corrected chi connectivity index (χ0v) is 26.9. The maximum absolute atomic E-state index is 16.5. The van der Waals surface area contributed by atoms with Crippen LogP contribution in [0.25, 0.3) is 22.3 Å². The smallest absolute Gasteiger partial charge is 0.130 e. The van der Waals surface area contributed by atoms with Crippen molar-refractivity contribution in [3.05, 3.63) is 212 Å². The van der Waals surface area contributed by atoms with Crippen molar-refractivity contribution in [1.82, 2.24) is 0 Å². The molecule has 0 radical (unpaired) electrons. The van der Waals surface area contributed by atoms with Crippen molar-refractivity contribution in [2.24, 2.45) is 0 Å². The molecule has 0 saturated carbocycles. The molecule has 0 unspecified atom stereocenters. The van der Waals surface area contributed by atoms with Crippen LogP contribution in [0.4, 0.5) is 52.7 Å². The van der Waals surface area contributed by atoms with Crippen LogP contribution in [-0.4, -0.2) is 0 Å². The SMILES string of the molecule is Fc1cc(F)cc(C2=C(c3cc(F)cc(F)c3)[C@@]3(c4cc(F)cc(F)c4)C(=C2c2cc(F)cc(F)c2)c2cc(F)cc(F)c2[C@H]3c2cc(F)cc(F)c2)c1. The molecule has 0 saturated heterocycles. The van der Waals surface area contributed by atoms with Crippen molar-refractivity contribution in [1.29, 1.82) is 0 Å². The zero-order chi connectivity index (χ0) is 38.4. The molecule has 0 bridgehead atoms. The van der Waals surface area contributed by atoms with Crippen LogP contribution < -0.4 is 0 Å². The summed E-state index contributed by atoms with van der Waals surface area (Å²) in [6.07, 6.45) is 0. The van der Waals surface area contributed by atoms with Gasteiger partial charge in [0.2, 0.25) is 0 Å². The lowest BCUT2D eigenvalue weighted by atomic mass is 9.61. The van der Waals surface area contributed by atoms with Gasteiger partial charge in [0, 0.05) is 47.9 Å². The predicted molar refractivity (Wildman–Crippen MR) is 175 cm³/mol. The van der Waals surface area contributed by atoms with Gasteiger partial charge in [-0.2, -0.15) is 0 Å². The van der Waals surface area contributed by atoms with Gasteiger partial charge in [-0.25, -0.2) is 52.7 Å². The Hall–Kier alpha value is -6.04. The molecule has 2 aliphatic carbocycles. The third-order valence-corrected chi connectivity index (χ3v) is 9.61. The van der Waals surface area contributed by atoms with E-state index in [2.05, 4.69) is 0 Å². The molecule has 2 aliphatic rings. The van der Waals surface area contributed by atoms with Gasteiger partial charge in [0.1, 0.15) is 69.8 Å². The van der Waals surface area contributed by atoms with Gasteiger partial charge in [-0.05, 0) is 122 Å².